The van der Waals surface area contributed by atoms with Crippen molar-refractivity contribution in [2.75, 3.05) is 20.3 Å². The number of ether oxygens (including phenoxy) is 1. The summed E-state index contributed by atoms with van der Waals surface area (Å²) in [5.74, 6) is -1.38. The van der Waals surface area contributed by atoms with E-state index in [4.69, 9.17) is 4.74 Å². The standard InChI is InChI=1S/C22H22N2O4S/c1-13-8-11-29-21(13)18-17(20(26)22(27)24(18)9-5-10-28-2)19(25)15-12-23-16-7-4-3-6-14(15)16/h3-4,6-8,11-12,18,23,25H,5,9-10H2,1-2H3/b19-17+. The molecular formula is C22H22N2O4S. The molecule has 1 aliphatic rings. The number of carbonyl (C=O) groups excluding carboxylic acids is 2. The van der Waals surface area contributed by atoms with E-state index >= 15 is 0 Å². The van der Waals surface area contributed by atoms with Crippen LogP contribution in [0.5, 0.6) is 0 Å². The zero-order chi connectivity index (χ0) is 20.5. The molecule has 29 heavy (non-hydrogen) atoms. The molecule has 4 rings (SSSR count). The van der Waals surface area contributed by atoms with Crippen molar-refractivity contribution in [2.45, 2.75) is 19.4 Å². The number of hydrogen-bond acceptors (Lipinski definition) is 5. The van der Waals surface area contributed by atoms with Gasteiger partial charge >= 0.3 is 0 Å². The number of fused-ring (bicyclic) bond motifs is 1. The lowest BCUT2D eigenvalue weighted by molar-refractivity contribution is -0.140. The van der Waals surface area contributed by atoms with E-state index in [9.17, 15) is 14.7 Å². The molecule has 0 aliphatic carbocycles. The predicted molar refractivity (Wildman–Crippen MR) is 113 cm³/mol. The van der Waals surface area contributed by atoms with Gasteiger partial charge in [0, 0.05) is 47.8 Å². The number of rotatable bonds is 6. The van der Waals surface area contributed by atoms with Crippen LogP contribution in [0.15, 0.2) is 47.5 Å². The third-order valence-corrected chi connectivity index (χ3v) is 6.35. The molecule has 1 aliphatic heterocycles. The number of aliphatic hydroxyl groups is 1. The Hall–Kier alpha value is -2.90. The summed E-state index contributed by atoms with van der Waals surface area (Å²) in [6.45, 7) is 2.82. The molecule has 1 aromatic carbocycles. The molecule has 3 heterocycles. The van der Waals surface area contributed by atoms with Crippen molar-refractivity contribution in [3.8, 4) is 0 Å². The number of Topliss-reactive ketones (excluding diaryl/α,β-unsaturated/α-hetero) is 1. The first-order chi connectivity index (χ1) is 14.0. The van der Waals surface area contributed by atoms with Gasteiger partial charge in [-0.15, -0.1) is 11.3 Å². The van der Waals surface area contributed by atoms with Crippen LogP contribution in [0, 0.1) is 6.92 Å². The van der Waals surface area contributed by atoms with E-state index in [0.29, 0.717) is 25.1 Å². The number of para-hydroxylation sites is 1. The van der Waals surface area contributed by atoms with Crippen molar-refractivity contribution < 1.29 is 19.4 Å². The van der Waals surface area contributed by atoms with Gasteiger partial charge < -0.3 is 19.7 Å². The third kappa shape index (κ3) is 3.26. The molecule has 6 nitrogen and oxygen atoms in total. The van der Waals surface area contributed by atoms with Crippen molar-refractivity contribution in [1.82, 2.24) is 9.88 Å². The topological polar surface area (TPSA) is 82.6 Å². The SMILES string of the molecule is COCCCN1C(=O)C(=O)/C(=C(/O)c2c[nH]c3ccccc23)C1c1sccc1C. The summed E-state index contributed by atoms with van der Waals surface area (Å²) in [4.78, 5) is 31.4. The van der Waals surface area contributed by atoms with Gasteiger partial charge in [0.25, 0.3) is 11.7 Å². The number of likely N-dealkylation sites (tertiary alicyclic amines) is 1. The highest BCUT2D eigenvalue weighted by molar-refractivity contribution is 7.10. The molecule has 2 aromatic heterocycles. The van der Waals surface area contributed by atoms with E-state index in [1.165, 1.54) is 11.3 Å². The highest BCUT2D eigenvalue weighted by Gasteiger charge is 2.46. The lowest BCUT2D eigenvalue weighted by atomic mass is 9.98. The number of amides is 1. The summed E-state index contributed by atoms with van der Waals surface area (Å²) < 4.78 is 5.11. The number of thiophene rings is 1. The van der Waals surface area contributed by atoms with E-state index in [1.54, 1.807) is 18.2 Å². The molecule has 0 saturated carbocycles. The van der Waals surface area contributed by atoms with E-state index in [0.717, 1.165) is 21.3 Å². The minimum absolute atomic E-state index is 0.141. The molecule has 0 spiro atoms. The van der Waals surface area contributed by atoms with Crippen LogP contribution in [0.25, 0.3) is 16.7 Å². The first-order valence-corrected chi connectivity index (χ1v) is 10.3. The van der Waals surface area contributed by atoms with Gasteiger partial charge in [0.15, 0.2) is 0 Å². The van der Waals surface area contributed by atoms with Gasteiger partial charge in [-0.05, 0) is 36.4 Å². The number of methoxy groups -OCH3 is 1. The Kier molecular flexibility index (Phi) is 5.25. The second-order valence-corrected chi connectivity index (χ2v) is 8.00. The van der Waals surface area contributed by atoms with E-state index in [-0.39, 0.29) is 11.3 Å². The van der Waals surface area contributed by atoms with Gasteiger partial charge in [0.05, 0.1) is 11.6 Å². The van der Waals surface area contributed by atoms with Crippen LogP contribution in [0.3, 0.4) is 0 Å². The fourth-order valence-electron chi connectivity index (χ4n) is 3.84. The molecular weight excluding hydrogens is 388 g/mol. The number of nitrogens with zero attached hydrogens (tertiary/aromatic N) is 1. The smallest absolute Gasteiger partial charge is 0.295 e. The molecule has 0 bridgehead atoms. The molecule has 0 radical (unpaired) electrons. The maximum Gasteiger partial charge on any atom is 0.295 e. The summed E-state index contributed by atoms with van der Waals surface area (Å²) in [7, 11) is 1.60. The summed E-state index contributed by atoms with van der Waals surface area (Å²) in [5.41, 5.74) is 2.51. The number of aromatic nitrogens is 1. The summed E-state index contributed by atoms with van der Waals surface area (Å²) >= 11 is 1.49. The lowest BCUT2D eigenvalue weighted by Crippen LogP contribution is -2.31. The first-order valence-electron chi connectivity index (χ1n) is 9.42. The minimum Gasteiger partial charge on any atom is -0.507 e. The highest BCUT2D eigenvalue weighted by atomic mass is 32.1. The number of ketones is 1. The van der Waals surface area contributed by atoms with Gasteiger partial charge in [-0.1, -0.05) is 18.2 Å². The fraction of sp³-hybridized carbons (Fsp3) is 0.273. The molecule has 2 N–H and O–H groups in total. The summed E-state index contributed by atoms with van der Waals surface area (Å²) in [6, 6.07) is 8.91. The maximum absolute atomic E-state index is 13.0. The number of hydrogen-bond donors (Lipinski definition) is 2. The lowest BCUT2D eigenvalue weighted by Gasteiger charge is -2.24. The van der Waals surface area contributed by atoms with E-state index in [2.05, 4.69) is 4.98 Å². The van der Waals surface area contributed by atoms with Crippen molar-refractivity contribution in [2.24, 2.45) is 0 Å². The Morgan fingerprint density at radius 3 is 2.79 bits per heavy atom. The monoisotopic (exact) mass is 410 g/mol. The summed E-state index contributed by atoms with van der Waals surface area (Å²) in [5, 5.41) is 13.9. The molecule has 3 aromatic rings. The van der Waals surface area contributed by atoms with Crippen LogP contribution in [0.1, 0.15) is 28.5 Å². The molecule has 150 valence electrons. The van der Waals surface area contributed by atoms with Crippen LogP contribution >= 0.6 is 11.3 Å². The van der Waals surface area contributed by atoms with Crippen molar-refractivity contribution in [3.05, 3.63) is 63.5 Å². The second-order valence-electron chi connectivity index (χ2n) is 7.05. The van der Waals surface area contributed by atoms with E-state index in [1.807, 2.05) is 42.6 Å². The zero-order valence-corrected chi connectivity index (χ0v) is 17.1. The number of H-pyrrole nitrogens is 1. The Morgan fingerprint density at radius 2 is 2.07 bits per heavy atom. The Morgan fingerprint density at radius 1 is 1.28 bits per heavy atom. The zero-order valence-electron chi connectivity index (χ0n) is 16.3. The minimum atomic E-state index is -0.650. The van der Waals surface area contributed by atoms with Gasteiger partial charge in [-0.2, -0.15) is 0 Å². The van der Waals surface area contributed by atoms with Crippen LogP contribution in [0.2, 0.25) is 0 Å². The van der Waals surface area contributed by atoms with Crippen LogP contribution in [-0.2, 0) is 14.3 Å². The van der Waals surface area contributed by atoms with Crippen LogP contribution in [-0.4, -0.2) is 46.9 Å². The van der Waals surface area contributed by atoms with Gasteiger partial charge in [-0.25, -0.2) is 0 Å². The normalized spacial score (nSPS) is 18.8. The predicted octanol–water partition coefficient (Wildman–Crippen LogP) is 4.00. The van der Waals surface area contributed by atoms with Crippen LogP contribution < -0.4 is 0 Å². The number of aromatic amines is 1. The van der Waals surface area contributed by atoms with Crippen molar-refractivity contribution in [3.63, 3.8) is 0 Å². The summed E-state index contributed by atoms with van der Waals surface area (Å²) in [6.07, 6.45) is 2.29. The number of nitrogens with one attached hydrogen (secondary N) is 1. The van der Waals surface area contributed by atoms with Crippen molar-refractivity contribution >= 4 is 39.7 Å². The number of benzene rings is 1. The average molecular weight is 410 g/mol. The second kappa shape index (κ2) is 7.85. The maximum atomic E-state index is 13.0. The quantitative estimate of drug-likeness (QED) is 0.279. The Bertz CT molecular complexity index is 1110. The number of aliphatic hydroxyl groups excluding tert-OH is 1. The number of aryl methyl sites for hydroxylation is 1. The molecule has 1 unspecified atom stereocenters. The Labute approximate surface area is 172 Å². The largest absolute Gasteiger partial charge is 0.507 e. The molecule has 7 heteroatoms. The molecule has 1 fully saturated rings. The molecule has 1 saturated heterocycles. The molecule has 1 amide bonds. The van der Waals surface area contributed by atoms with E-state index < -0.39 is 17.7 Å². The van der Waals surface area contributed by atoms with Gasteiger partial charge in [-0.3, -0.25) is 9.59 Å². The van der Waals surface area contributed by atoms with Gasteiger partial charge in [0.1, 0.15) is 5.76 Å². The Balaban J connectivity index is 1.87. The molecule has 1 atom stereocenters. The number of carbonyl (C=O) groups is 2. The van der Waals surface area contributed by atoms with Crippen molar-refractivity contribution in [1.29, 1.82) is 0 Å². The first kappa shape index (κ1) is 19.4. The fourth-order valence-corrected chi connectivity index (χ4v) is 4.89. The van der Waals surface area contributed by atoms with Crippen LogP contribution in [0.4, 0.5) is 0 Å². The average Bonchev–Trinajstić information content (AvgIpc) is 3.40. The third-order valence-electron chi connectivity index (χ3n) is 5.28. The van der Waals surface area contributed by atoms with Gasteiger partial charge in [0.2, 0.25) is 0 Å². The highest BCUT2D eigenvalue weighted by Crippen LogP contribution is 2.43.